The van der Waals surface area contributed by atoms with E-state index in [0.717, 1.165) is 16.8 Å². The first-order chi connectivity index (χ1) is 11.3. The summed E-state index contributed by atoms with van der Waals surface area (Å²) >= 11 is 6.07. The van der Waals surface area contributed by atoms with Crippen molar-refractivity contribution in [3.05, 3.63) is 52.5 Å². The fourth-order valence-electron chi connectivity index (χ4n) is 2.56. The van der Waals surface area contributed by atoms with Crippen LogP contribution in [0.2, 0.25) is 5.02 Å². The summed E-state index contributed by atoms with van der Waals surface area (Å²) in [5.41, 5.74) is 2.93. The average molecular weight is 364 g/mol. The number of nitrogens with one attached hydrogen (secondary N) is 1. The van der Waals surface area contributed by atoms with Gasteiger partial charge in [-0.3, -0.25) is 9.79 Å². The number of anilines is 1. The number of nitrogens with zero attached hydrogens (tertiary/aromatic N) is 1. The smallest absolute Gasteiger partial charge is 0.238 e. The fourth-order valence-corrected chi connectivity index (χ4v) is 3.35. The van der Waals surface area contributed by atoms with E-state index < -0.39 is 15.9 Å². The normalized spacial score (nSPS) is 17.1. The second-order valence-corrected chi connectivity index (χ2v) is 7.47. The molecule has 6 nitrogen and oxygen atoms in total. The molecule has 2 aromatic carbocycles. The van der Waals surface area contributed by atoms with E-state index in [4.69, 9.17) is 16.7 Å². The Morgan fingerprint density at radius 2 is 1.92 bits per heavy atom. The molecule has 3 rings (SSSR count). The molecule has 0 fully saturated rings. The molecule has 8 heteroatoms. The average Bonchev–Trinajstić information content (AvgIpc) is 2.81. The van der Waals surface area contributed by atoms with Gasteiger partial charge in [-0.15, -0.1) is 0 Å². The summed E-state index contributed by atoms with van der Waals surface area (Å²) in [4.78, 5) is 16.4. The van der Waals surface area contributed by atoms with E-state index >= 15 is 0 Å². The van der Waals surface area contributed by atoms with Crippen LogP contribution >= 0.6 is 11.6 Å². The fraction of sp³-hybridized carbons (Fsp3) is 0.125. The number of halogens is 1. The van der Waals surface area contributed by atoms with Crippen molar-refractivity contribution in [2.75, 3.05) is 5.32 Å². The Kier molecular flexibility index (Phi) is 4.16. The van der Waals surface area contributed by atoms with Crippen molar-refractivity contribution in [2.45, 2.75) is 17.7 Å². The van der Waals surface area contributed by atoms with Crippen molar-refractivity contribution in [3.63, 3.8) is 0 Å². The monoisotopic (exact) mass is 363 g/mol. The van der Waals surface area contributed by atoms with Crippen molar-refractivity contribution < 1.29 is 13.2 Å². The molecule has 0 saturated heterocycles. The highest BCUT2D eigenvalue weighted by atomic mass is 35.5. The summed E-state index contributed by atoms with van der Waals surface area (Å²) in [6.07, 6.45) is 1.52. The van der Waals surface area contributed by atoms with Crippen LogP contribution in [0.5, 0.6) is 0 Å². The molecule has 1 heterocycles. The SMILES string of the molecule is Cc1cc(Cl)cc2c1NC(=O)C2C=Nc1ccc(S(N)(=O)=O)cc1. The van der Waals surface area contributed by atoms with Gasteiger partial charge in [0, 0.05) is 16.9 Å². The third-order valence-corrected chi connectivity index (χ3v) is 4.88. The molecule has 3 N–H and O–H groups in total. The Balaban J connectivity index is 1.90. The van der Waals surface area contributed by atoms with Gasteiger partial charge in [-0.25, -0.2) is 13.6 Å². The number of aliphatic imine (C=N–C) groups is 1. The van der Waals surface area contributed by atoms with Gasteiger partial charge < -0.3 is 5.32 Å². The molecule has 1 amide bonds. The van der Waals surface area contributed by atoms with Gasteiger partial charge in [0.1, 0.15) is 5.92 Å². The minimum Gasteiger partial charge on any atom is -0.325 e. The van der Waals surface area contributed by atoms with Gasteiger partial charge in [0.25, 0.3) is 0 Å². The lowest BCUT2D eigenvalue weighted by molar-refractivity contribution is -0.115. The van der Waals surface area contributed by atoms with E-state index in [1.165, 1.54) is 30.5 Å². The molecular formula is C16H14ClN3O3S. The number of sulfonamides is 1. The number of benzene rings is 2. The van der Waals surface area contributed by atoms with Gasteiger partial charge >= 0.3 is 0 Å². The van der Waals surface area contributed by atoms with Crippen molar-refractivity contribution in [2.24, 2.45) is 10.1 Å². The second kappa shape index (κ2) is 6.01. The summed E-state index contributed by atoms with van der Waals surface area (Å²) < 4.78 is 22.5. The predicted octanol–water partition coefficient (Wildman–Crippen LogP) is 2.73. The van der Waals surface area contributed by atoms with E-state index in [9.17, 15) is 13.2 Å². The van der Waals surface area contributed by atoms with Gasteiger partial charge in [-0.05, 0) is 54.4 Å². The molecule has 1 atom stereocenters. The van der Waals surface area contributed by atoms with Crippen LogP contribution in [0, 0.1) is 6.92 Å². The van der Waals surface area contributed by atoms with Crippen LogP contribution < -0.4 is 10.5 Å². The van der Waals surface area contributed by atoms with Gasteiger partial charge in [0.15, 0.2) is 0 Å². The predicted molar refractivity (Wildman–Crippen MR) is 93.5 cm³/mol. The molecule has 124 valence electrons. The highest BCUT2D eigenvalue weighted by molar-refractivity contribution is 7.89. The largest absolute Gasteiger partial charge is 0.325 e. The number of fused-ring (bicyclic) bond motifs is 1. The maximum absolute atomic E-state index is 12.2. The molecule has 2 aromatic rings. The molecule has 0 aromatic heterocycles. The Hall–Kier alpha value is -2.22. The topological polar surface area (TPSA) is 102 Å². The highest BCUT2D eigenvalue weighted by Gasteiger charge is 2.30. The summed E-state index contributed by atoms with van der Waals surface area (Å²) in [6.45, 7) is 1.87. The quantitative estimate of drug-likeness (QED) is 0.819. The van der Waals surface area contributed by atoms with Crippen LogP contribution in [0.3, 0.4) is 0 Å². The zero-order chi connectivity index (χ0) is 17.5. The lowest BCUT2D eigenvalue weighted by atomic mass is 10.00. The Labute approximate surface area is 144 Å². The van der Waals surface area contributed by atoms with E-state index in [1.807, 2.05) is 6.92 Å². The number of nitrogens with two attached hydrogens (primary N) is 1. The summed E-state index contributed by atoms with van der Waals surface area (Å²) in [7, 11) is -3.74. The zero-order valence-electron chi connectivity index (χ0n) is 12.7. The van der Waals surface area contributed by atoms with Crippen LogP contribution in [0.1, 0.15) is 17.0 Å². The molecule has 0 bridgehead atoms. The van der Waals surface area contributed by atoms with E-state index in [-0.39, 0.29) is 10.8 Å². The molecule has 0 aliphatic carbocycles. The summed E-state index contributed by atoms with van der Waals surface area (Å²) in [5, 5.41) is 8.43. The first-order valence-corrected chi connectivity index (χ1v) is 8.96. The number of primary sulfonamides is 1. The van der Waals surface area contributed by atoms with Crippen LogP contribution in [-0.2, 0) is 14.8 Å². The Morgan fingerprint density at radius 1 is 1.25 bits per heavy atom. The van der Waals surface area contributed by atoms with Crippen LogP contribution in [0.25, 0.3) is 0 Å². The molecule has 1 unspecified atom stereocenters. The summed E-state index contributed by atoms with van der Waals surface area (Å²) in [6, 6.07) is 9.30. The summed E-state index contributed by atoms with van der Waals surface area (Å²) in [5.74, 6) is -0.726. The Morgan fingerprint density at radius 3 is 2.54 bits per heavy atom. The number of carbonyl (C=O) groups excluding carboxylic acids is 1. The number of hydrogen-bond donors (Lipinski definition) is 2. The molecule has 0 saturated carbocycles. The van der Waals surface area contributed by atoms with Crippen LogP contribution in [0.4, 0.5) is 11.4 Å². The van der Waals surface area contributed by atoms with E-state index in [0.29, 0.717) is 10.7 Å². The van der Waals surface area contributed by atoms with Gasteiger partial charge in [-0.1, -0.05) is 11.6 Å². The van der Waals surface area contributed by atoms with E-state index in [1.54, 1.807) is 12.1 Å². The minimum absolute atomic E-state index is 0.00723. The zero-order valence-corrected chi connectivity index (χ0v) is 14.2. The van der Waals surface area contributed by atoms with Crippen molar-refractivity contribution in [1.29, 1.82) is 0 Å². The van der Waals surface area contributed by atoms with Crippen molar-refractivity contribution in [3.8, 4) is 0 Å². The first kappa shape index (κ1) is 16.6. The number of aryl methyl sites for hydroxylation is 1. The highest BCUT2D eigenvalue weighted by Crippen LogP contribution is 2.36. The van der Waals surface area contributed by atoms with Gasteiger partial charge in [-0.2, -0.15) is 0 Å². The molecule has 1 aliphatic rings. The minimum atomic E-state index is -3.74. The van der Waals surface area contributed by atoms with Gasteiger partial charge in [0.2, 0.25) is 15.9 Å². The maximum Gasteiger partial charge on any atom is 0.238 e. The van der Waals surface area contributed by atoms with Crippen LogP contribution in [-0.4, -0.2) is 20.5 Å². The maximum atomic E-state index is 12.2. The third kappa shape index (κ3) is 3.19. The number of rotatable bonds is 3. The standard InChI is InChI=1S/C16H14ClN3O3S/c1-9-6-10(17)7-13-14(16(21)20-15(9)13)8-19-11-2-4-12(5-3-11)24(18,22)23/h2-8,14H,1H3,(H,20,21)(H2,18,22,23). The van der Waals surface area contributed by atoms with E-state index in [2.05, 4.69) is 10.3 Å². The van der Waals surface area contributed by atoms with Crippen LogP contribution in [0.15, 0.2) is 46.3 Å². The molecule has 1 aliphatic heterocycles. The molecule has 24 heavy (non-hydrogen) atoms. The third-order valence-electron chi connectivity index (χ3n) is 3.73. The second-order valence-electron chi connectivity index (χ2n) is 5.47. The number of hydrogen-bond acceptors (Lipinski definition) is 4. The molecule has 0 spiro atoms. The lowest BCUT2D eigenvalue weighted by Gasteiger charge is -2.05. The van der Waals surface area contributed by atoms with Crippen molar-refractivity contribution in [1.82, 2.24) is 0 Å². The first-order valence-electron chi connectivity index (χ1n) is 7.03. The lowest BCUT2D eigenvalue weighted by Crippen LogP contribution is -2.13. The molecular weight excluding hydrogens is 350 g/mol. The van der Waals surface area contributed by atoms with Crippen molar-refractivity contribution >= 4 is 45.1 Å². The number of carbonyl (C=O) groups is 1. The Bertz CT molecular complexity index is 953. The number of amides is 1. The van der Waals surface area contributed by atoms with Gasteiger partial charge in [0.05, 0.1) is 10.6 Å². The molecule has 0 radical (unpaired) electrons.